The molecule has 2 aliphatic rings. The first-order chi connectivity index (χ1) is 10.9. The third-order valence-electron chi connectivity index (χ3n) is 4.65. The summed E-state index contributed by atoms with van der Waals surface area (Å²) in [6.45, 7) is 5.03. The molecule has 0 saturated carbocycles. The average molecular weight is 337 g/mol. The predicted molar refractivity (Wildman–Crippen MR) is 89.0 cm³/mol. The molecular formula is C16H23N3O3S. The van der Waals surface area contributed by atoms with Crippen molar-refractivity contribution in [3.8, 4) is 0 Å². The SMILES string of the molecule is CCC(=O)N1CCc2cc(S(=O)(=O)N3CCN(C)CC3)ccc21. The van der Waals surface area contributed by atoms with E-state index in [4.69, 9.17) is 0 Å². The number of hydrogen-bond donors (Lipinski definition) is 0. The summed E-state index contributed by atoms with van der Waals surface area (Å²) < 4.78 is 27.1. The molecule has 2 heterocycles. The first-order valence-corrected chi connectivity index (χ1v) is 9.49. The van der Waals surface area contributed by atoms with Crippen LogP contribution >= 0.6 is 0 Å². The fraction of sp³-hybridized carbons (Fsp3) is 0.562. The average Bonchev–Trinajstić information content (AvgIpc) is 2.97. The van der Waals surface area contributed by atoms with E-state index in [1.54, 1.807) is 27.4 Å². The van der Waals surface area contributed by atoms with Crippen LogP contribution < -0.4 is 4.90 Å². The quantitative estimate of drug-likeness (QED) is 0.823. The number of carbonyl (C=O) groups is 1. The molecule has 0 aliphatic carbocycles. The predicted octanol–water partition coefficient (Wildman–Crippen LogP) is 0.922. The van der Waals surface area contributed by atoms with Crippen molar-refractivity contribution in [3.05, 3.63) is 23.8 Å². The highest BCUT2D eigenvalue weighted by atomic mass is 32.2. The van der Waals surface area contributed by atoms with Crippen LogP contribution in [0.1, 0.15) is 18.9 Å². The first-order valence-electron chi connectivity index (χ1n) is 8.05. The van der Waals surface area contributed by atoms with Crippen molar-refractivity contribution >= 4 is 21.6 Å². The maximum atomic E-state index is 12.8. The Bertz CT molecular complexity index is 709. The zero-order chi connectivity index (χ0) is 16.6. The zero-order valence-corrected chi connectivity index (χ0v) is 14.5. The van der Waals surface area contributed by atoms with E-state index in [0.717, 1.165) is 24.3 Å². The van der Waals surface area contributed by atoms with Crippen molar-refractivity contribution in [3.63, 3.8) is 0 Å². The Hall–Kier alpha value is -1.44. The third-order valence-corrected chi connectivity index (χ3v) is 6.54. The number of nitrogens with zero attached hydrogens (tertiary/aromatic N) is 3. The lowest BCUT2D eigenvalue weighted by atomic mass is 10.2. The van der Waals surface area contributed by atoms with Crippen molar-refractivity contribution < 1.29 is 13.2 Å². The minimum Gasteiger partial charge on any atom is -0.312 e. The highest BCUT2D eigenvalue weighted by Crippen LogP contribution is 2.31. The van der Waals surface area contributed by atoms with E-state index >= 15 is 0 Å². The van der Waals surface area contributed by atoms with Gasteiger partial charge in [-0.2, -0.15) is 4.31 Å². The Balaban J connectivity index is 1.86. The standard InChI is InChI=1S/C16H23N3O3S/c1-3-16(20)19-7-6-13-12-14(4-5-15(13)19)23(21,22)18-10-8-17(2)9-11-18/h4-5,12H,3,6-11H2,1-2H3. The van der Waals surface area contributed by atoms with E-state index in [-0.39, 0.29) is 5.91 Å². The number of rotatable bonds is 3. The van der Waals surface area contributed by atoms with Crippen LogP contribution in [0.4, 0.5) is 5.69 Å². The van der Waals surface area contributed by atoms with Gasteiger partial charge in [-0.15, -0.1) is 0 Å². The van der Waals surface area contributed by atoms with Gasteiger partial charge in [-0.3, -0.25) is 4.79 Å². The topological polar surface area (TPSA) is 60.9 Å². The number of sulfonamides is 1. The maximum absolute atomic E-state index is 12.8. The van der Waals surface area contributed by atoms with Gasteiger partial charge < -0.3 is 9.80 Å². The van der Waals surface area contributed by atoms with Crippen LogP contribution in [0.25, 0.3) is 0 Å². The van der Waals surface area contributed by atoms with Crippen LogP contribution in [0.2, 0.25) is 0 Å². The summed E-state index contributed by atoms with van der Waals surface area (Å²) in [5.41, 5.74) is 1.80. The second-order valence-electron chi connectivity index (χ2n) is 6.15. The monoisotopic (exact) mass is 337 g/mol. The van der Waals surface area contributed by atoms with Gasteiger partial charge >= 0.3 is 0 Å². The Morgan fingerprint density at radius 1 is 1.13 bits per heavy atom. The van der Waals surface area contributed by atoms with Crippen LogP contribution in [0.5, 0.6) is 0 Å². The van der Waals surface area contributed by atoms with E-state index in [9.17, 15) is 13.2 Å². The van der Waals surface area contributed by atoms with Gasteiger partial charge in [0.1, 0.15) is 0 Å². The molecule has 1 saturated heterocycles. The molecule has 7 heteroatoms. The molecule has 1 amide bonds. The summed E-state index contributed by atoms with van der Waals surface area (Å²) in [6, 6.07) is 5.15. The minimum absolute atomic E-state index is 0.0819. The van der Waals surface area contributed by atoms with Crippen molar-refractivity contribution in [2.75, 3.05) is 44.7 Å². The Morgan fingerprint density at radius 3 is 2.48 bits per heavy atom. The lowest BCUT2D eigenvalue weighted by Crippen LogP contribution is -2.47. The number of likely N-dealkylation sites (N-methyl/N-ethyl adjacent to an activating group) is 1. The van der Waals surface area contributed by atoms with Crippen LogP contribution in [0, 0.1) is 0 Å². The van der Waals surface area contributed by atoms with E-state index in [0.29, 0.717) is 37.4 Å². The number of piperazine rings is 1. The summed E-state index contributed by atoms with van der Waals surface area (Å²) >= 11 is 0. The van der Waals surface area contributed by atoms with Crippen LogP contribution in [-0.2, 0) is 21.2 Å². The molecular weight excluding hydrogens is 314 g/mol. The molecule has 23 heavy (non-hydrogen) atoms. The van der Waals surface area contributed by atoms with Gasteiger partial charge in [0.15, 0.2) is 0 Å². The van der Waals surface area contributed by atoms with Crippen molar-refractivity contribution in [1.29, 1.82) is 0 Å². The summed E-state index contributed by atoms with van der Waals surface area (Å²) in [4.78, 5) is 16.2. The molecule has 0 unspecified atom stereocenters. The molecule has 0 atom stereocenters. The maximum Gasteiger partial charge on any atom is 0.243 e. The van der Waals surface area contributed by atoms with Gasteiger partial charge in [0.25, 0.3) is 0 Å². The number of benzene rings is 1. The Morgan fingerprint density at radius 2 is 1.83 bits per heavy atom. The van der Waals surface area contributed by atoms with Crippen molar-refractivity contribution in [2.24, 2.45) is 0 Å². The lowest BCUT2D eigenvalue weighted by Gasteiger charge is -2.31. The smallest absolute Gasteiger partial charge is 0.243 e. The molecule has 126 valence electrons. The molecule has 0 N–H and O–H groups in total. The molecule has 1 fully saturated rings. The second-order valence-corrected chi connectivity index (χ2v) is 8.08. The molecule has 3 rings (SSSR count). The fourth-order valence-electron chi connectivity index (χ4n) is 3.17. The van der Waals surface area contributed by atoms with Gasteiger partial charge in [0.05, 0.1) is 4.90 Å². The number of amides is 1. The van der Waals surface area contributed by atoms with Crippen molar-refractivity contribution in [2.45, 2.75) is 24.7 Å². The highest BCUT2D eigenvalue weighted by Gasteiger charge is 2.30. The van der Waals surface area contributed by atoms with Crippen LogP contribution in [0.15, 0.2) is 23.1 Å². The van der Waals surface area contributed by atoms with E-state index in [2.05, 4.69) is 4.90 Å². The fourth-order valence-corrected chi connectivity index (χ4v) is 4.64. The van der Waals surface area contributed by atoms with Gasteiger partial charge in [0, 0.05) is 44.8 Å². The summed E-state index contributed by atoms with van der Waals surface area (Å²) in [5.74, 6) is 0.0819. The summed E-state index contributed by atoms with van der Waals surface area (Å²) in [5, 5.41) is 0. The van der Waals surface area contributed by atoms with E-state index in [1.807, 2.05) is 14.0 Å². The third kappa shape index (κ3) is 3.00. The van der Waals surface area contributed by atoms with Gasteiger partial charge in [-0.25, -0.2) is 8.42 Å². The second kappa shape index (κ2) is 6.22. The van der Waals surface area contributed by atoms with Gasteiger partial charge in [0.2, 0.25) is 15.9 Å². The number of fused-ring (bicyclic) bond motifs is 1. The largest absolute Gasteiger partial charge is 0.312 e. The van der Waals surface area contributed by atoms with Crippen LogP contribution in [0.3, 0.4) is 0 Å². The molecule has 2 aliphatic heterocycles. The number of carbonyl (C=O) groups excluding carboxylic acids is 1. The molecule has 0 spiro atoms. The Labute approximate surface area is 137 Å². The summed E-state index contributed by atoms with van der Waals surface area (Å²) in [6.07, 6.45) is 1.17. The molecule has 1 aromatic carbocycles. The summed E-state index contributed by atoms with van der Waals surface area (Å²) in [7, 11) is -1.45. The van der Waals surface area contributed by atoms with Gasteiger partial charge in [-0.1, -0.05) is 6.92 Å². The lowest BCUT2D eigenvalue weighted by molar-refractivity contribution is -0.118. The zero-order valence-electron chi connectivity index (χ0n) is 13.7. The molecule has 0 bridgehead atoms. The molecule has 1 aromatic rings. The number of anilines is 1. The van der Waals surface area contributed by atoms with E-state index in [1.165, 1.54) is 0 Å². The number of hydrogen-bond acceptors (Lipinski definition) is 4. The minimum atomic E-state index is -3.45. The van der Waals surface area contributed by atoms with E-state index < -0.39 is 10.0 Å². The normalized spacial score (nSPS) is 19.8. The molecule has 6 nitrogen and oxygen atoms in total. The van der Waals surface area contributed by atoms with Crippen LogP contribution in [-0.4, -0.2) is 63.3 Å². The first kappa shape index (κ1) is 16.4. The van der Waals surface area contributed by atoms with Gasteiger partial charge in [-0.05, 0) is 37.2 Å². The molecule has 0 aromatic heterocycles. The van der Waals surface area contributed by atoms with Crippen molar-refractivity contribution in [1.82, 2.24) is 9.21 Å². The Kier molecular flexibility index (Phi) is 4.44. The molecule has 0 radical (unpaired) electrons. The highest BCUT2D eigenvalue weighted by molar-refractivity contribution is 7.89.